The van der Waals surface area contributed by atoms with Crippen molar-refractivity contribution in [2.24, 2.45) is 0 Å². The van der Waals surface area contributed by atoms with Gasteiger partial charge in [-0.3, -0.25) is 4.79 Å². The predicted octanol–water partition coefficient (Wildman–Crippen LogP) is 3.98. The summed E-state index contributed by atoms with van der Waals surface area (Å²) in [5.74, 6) is -0.302. The average Bonchev–Trinajstić information content (AvgIpc) is 2.96. The first-order chi connectivity index (χ1) is 11.1. The van der Waals surface area contributed by atoms with Gasteiger partial charge in [0.05, 0.1) is 12.7 Å². The Hall–Kier alpha value is -2.66. The van der Waals surface area contributed by atoms with Crippen LogP contribution < -0.4 is 5.32 Å². The molecular formula is C17H13ClFN3O. The summed E-state index contributed by atoms with van der Waals surface area (Å²) in [4.78, 5) is 12.2. The van der Waals surface area contributed by atoms with Crippen molar-refractivity contribution < 1.29 is 9.18 Å². The van der Waals surface area contributed by atoms with Crippen LogP contribution in [0.2, 0.25) is 5.02 Å². The van der Waals surface area contributed by atoms with E-state index in [0.717, 1.165) is 5.56 Å². The molecule has 6 heteroatoms. The Kier molecular flexibility index (Phi) is 4.39. The number of benzene rings is 2. The molecule has 0 aliphatic heterocycles. The summed E-state index contributed by atoms with van der Waals surface area (Å²) in [6, 6.07) is 14.6. The summed E-state index contributed by atoms with van der Waals surface area (Å²) < 4.78 is 14.9. The highest BCUT2D eigenvalue weighted by molar-refractivity contribution is 6.30. The molecule has 3 rings (SSSR count). The number of carbonyl (C=O) groups excluding carboxylic acids is 1. The summed E-state index contributed by atoms with van der Waals surface area (Å²) in [6.45, 7) is 0.489. The lowest BCUT2D eigenvalue weighted by Crippen LogP contribution is -2.16. The Balaban J connectivity index is 1.75. The lowest BCUT2D eigenvalue weighted by atomic mass is 10.2. The molecule has 0 atom stereocenters. The lowest BCUT2D eigenvalue weighted by Gasteiger charge is -2.09. The normalized spacial score (nSPS) is 10.5. The van der Waals surface area contributed by atoms with Crippen LogP contribution in [0.5, 0.6) is 0 Å². The Bertz CT molecular complexity index is 830. The van der Waals surface area contributed by atoms with E-state index in [2.05, 4.69) is 10.4 Å². The monoisotopic (exact) mass is 329 g/mol. The van der Waals surface area contributed by atoms with Gasteiger partial charge in [0.1, 0.15) is 11.6 Å². The zero-order valence-electron chi connectivity index (χ0n) is 12.0. The van der Waals surface area contributed by atoms with Gasteiger partial charge in [0, 0.05) is 16.7 Å². The van der Waals surface area contributed by atoms with E-state index in [9.17, 15) is 9.18 Å². The zero-order valence-corrected chi connectivity index (χ0v) is 12.8. The fraction of sp³-hybridized carbons (Fsp3) is 0.0588. The second kappa shape index (κ2) is 6.62. The van der Waals surface area contributed by atoms with E-state index in [-0.39, 0.29) is 11.5 Å². The smallest absolute Gasteiger partial charge is 0.256 e. The number of amides is 1. The van der Waals surface area contributed by atoms with Crippen LogP contribution in [0.15, 0.2) is 60.8 Å². The molecule has 0 spiro atoms. The van der Waals surface area contributed by atoms with Gasteiger partial charge in [0.25, 0.3) is 5.91 Å². The van der Waals surface area contributed by atoms with E-state index < -0.39 is 5.82 Å². The number of hydrogen-bond donors (Lipinski definition) is 1. The molecule has 2 aromatic carbocycles. The molecular weight excluding hydrogens is 317 g/mol. The molecule has 23 heavy (non-hydrogen) atoms. The van der Waals surface area contributed by atoms with E-state index in [4.69, 9.17) is 11.6 Å². The predicted molar refractivity (Wildman–Crippen MR) is 87.1 cm³/mol. The van der Waals surface area contributed by atoms with Crippen molar-refractivity contribution in [2.45, 2.75) is 6.54 Å². The number of hydrogen-bond acceptors (Lipinski definition) is 2. The Morgan fingerprint density at radius 3 is 2.70 bits per heavy atom. The van der Waals surface area contributed by atoms with Crippen molar-refractivity contribution in [1.29, 1.82) is 0 Å². The van der Waals surface area contributed by atoms with Crippen molar-refractivity contribution in [3.8, 4) is 0 Å². The summed E-state index contributed by atoms with van der Waals surface area (Å²) in [6.07, 6.45) is 1.59. The summed E-state index contributed by atoms with van der Waals surface area (Å²) in [5, 5.41) is 7.59. The highest BCUT2D eigenvalue weighted by Crippen LogP contribution is 2.14. The van der Waals surface area contributed by atoms with Crippen molar-refractivity contribution in [1.82, 2.24) is 9.78 Å². The molecule has 1 amide bonds. The molecule has 0 radical (unpaired) electrons. The molecule has 3 aromatic rings. The quantitative estimate of drug-likeness (QED) is 0.787. The number of halogens is 2. The van der Waals surface area contributed by atoms with Crippen LogP contribution in [0.1, 0.15) is 15.9 Å². The molecule has 4 nitrogen and oxygen atoms in total. The van der Waals surface area contributed by atoms with Crippen molar-refractivity contribution in [3.63, 3.8) is 0 Å². The van der Waals surface area contributed by atoms with E-state index in [1.54, 1.807) is 35.1 Å². The van der Waals surface area contributed by atoms with Gasteiger partial charge in [-0.15, -0.1) is 0 Å². The maximum Gasteiger partial charge on any atom is 0.256 e. The van der Waals surface area contributed by atoms with Gasteiger partial charge in [-0.1, -0.05) is 29.8 Å². The molecule has 1 aromatic heterocycles. The Morgan fingerprint density at radius 2 is 1.96 bits per heavy atom. The molecule has 1 heterocycles. The van der Waals surface area contributed by atoms with Gasteiger partial charge in [0.15, 0.2) is 0 Å². The maximum atomic E-state index is 13.2. The molecule has 0 saturated heterocycles. The van der Waals surface area contributed by atoms with Crippen LogP contribution in [-0.4, -0.2) is 15.7 Å². The fourth-order valence-corrected chi connectivity index (χ4v) is 2.27. The van der Waals surface area contributed by atoms with Crippen LogP contribution >= 0.6 is 11.6 Å². The van der Waals surface area contributed by atoms with E-state index in [1.807, 2.05) is 12.1 Å². The molecule has 0 aliphatic rings. The third-order valence-corrected chi connectivity index (χ3v) is 3.54. The molecule has 0 bridgehead atoms. The van der Waals surface area contributed by atoms with Crippen LogP contribution in [0.3, 0.4) is 0 Å². The molecule has 0 unspecified atom stereocenters. The lowest BCUT2D eigenvalue weighted by molar-refractivity contribution is 0.102. The minimum absolute atomic E-state index is 0.254. The van der Waals surface area contributed by atoms with Crippen molar-refractivity contribution >= 4 is 23.3 Å². The van der Waals surface area contributed by atoms with Crippen molar-refractivity contribution in [2.75, 3.05) is 5.32 Å². The second-order valence-electron chi connectivity index (χ2n) is 4.97. The van der Waals surface area contributed by atoms with Crippen LogP contribution in [0, 0.1) is 5.82 Å². The van der Waals surface area contributed by atoms with Gasteiger partial charge < -0.3 is 5.32 Å². The largest absolute Gasteiger partial charge is 0.307 e. The maximum absolute atomic E-state index is 13.2. The number of nitrogens with one attached hydrogen (secondary N) is 1. The van der Waals surface area contributed by atoms with Crippen LogP contribution in [-0.2, 0) is 6.54 Å². The van der Waals surface area contributed by atoms with Gasteiger partial charge in [0.2, 0.25) is 0 Å². The number of carbonyl (C=O) groups is 1. The van der Waals surface area contributed by atoms with Gasteiger partial charge in [-0.2, -0.15) is 5.10 Å². The number of anilines is 1. The van der Waals surface area contributed by atoms with E-state index in [0.29, 0.717) is 17.4 Å². The van der Waals surface area contributed by atoms with Crippen LogP contribution in [0.25, 0.3) is 0 Å². The van der Waals surface area contributed by atoms with Gasteiger partial charge >= 0.3 is 0 Å². The van der Waals surface area contributed by atoms with Crippen LogP contribution in [0.4, 0.5) is 10.2 Å². The fourth-order valence-electron chi connectivity index (χ4n) is 2.15. The zero-order chi connectivity index (χ0) is 16.2. The molecule has 0 aliphatic carbocycles. The topological polar surface area (TPSA) is 46.9 Å². The molecule has 1 N–H and O–H groups in total. The molecule has 116 valence electrons. The van der Waals surface area contributed by atoms with E-state index in [1.165, 1.54) is 18.2 Å². The average molecular weight is 330 g/mol. The standard InChI is InChI=1S/C17H13ClFN3O/c18-14-6-4-12(5-7-14)11-22-16(8-9-20-22)21-17(23)13-2-1-3-15(19)10-13/h1-10H,11H2,(H,21,23). The SMILES string of the molecule is O=C(Nc1ccnn1Cc1ccc(Cl)cc1)c1cccc(F)c1. The summed E-state index contributed by atoms with van der Waals surface area (Å²) in [5.41, 5.74) is 1.25. The minimum Gasteiger partial charge on any atom is -0.307 e. The third-order valence-electron chi connectivity index (χ3n) is 3.29. The van der Waals surface area contributed by atoms with Crippen molar-refractivity contribution in [3.05, 3.63) is 82.8 Å². The first kappa shape index (κ1) is 15.2. The highest BCUT2D eigenvalue weighted by atomic mass is 35.5. The molecule has 0 fully saturated rings. The highest BCUT2D eigenvalue weighted by Gasteiger charge is 2.10. The molecule has 0 saturated carbocycles. The number of aromatic nitrogens is 2. The third kappa shape index (κ3) is 3.76. The Labute approximate surface area is 137 Å². The number of nitrogens with zero attached hydrogens (tertiary/aromatic N) is 2. The number of rotatable bonds is 4. The summed E-state index contributed by atoms with van der Waals surface area (Å²) in [7, 11) is 0. The summed E-state index contributed by atoms with van der Waals surface area (Å²) >= 11 is 5.86. The second-order valence-corrected chi connectivity index (χ2v) is 5.40. The Morgan fingerprint density at radius 1 is 1.17 bits per heavy atom. The first-order valence-corrected chi connectivity index (χ1v) is 7.33. The minimum atomic E-state index is -0.452. The van der Waals surface area contributed by atoms with E-state index >= 15 is 0 Å². The van der Waals surface area contributed by atoms with Gasteiger partial charge in [-0.25, -0.2) is 9.07 Å². The first-order valence-electron chi connectivity index (χ1n) is 6.95. The van der Waals surface area contributed by atoms with Gasteiger partial charge in [-0.05, 0) is 35.9 Å².